The third-order valence-corrected chi connectivity index (χ3v) is 2.38. The smallest absolute Gasteiger partial charge is 0.504 e. The predicted molar refractivity (Wildman–Crippen MR) is 52.5 cm³/mol. The first kappa shape index (κ1) is 10.5. The monoisotopic (exact) mass is 201 g/mol. The number of nitrogens with one attached hydrogen (secondary N) is 1. The average Bonchev–Trinajstić information content (AvgIpc) is 2.48. The molecule has 0 atom stereocenters. The van der Waals surface area contributed by atoms with E-state index in [1.165, 1.54) is 11.3 Å². The van der Waals surface area contributed by atoms with E-state index in [0.717, 1.165) is 18.0 Å². The van der Waals surface area contributed by atoms with Gasteiger partial charge in [0.25, 0.3) is 0 Å². The number of hydrogen-bond donors (Lipinski definition) is 3. The Bertz CT molecular complexity index is 254. The van der Waals surface area contributed by atoms with Gasteiger partial charge in [-0.3, -0.25) is 0 Å². The fraction of sp³-hybridized carbons (Fsp3) is 0.429. The van der Waals surface area contributed by atoms with E-state index in [1.807, 2.05) is 13.0 Å². The quantitative estimate of drug-likeness (QED) is 0.595. The molecule has 0 amide bonds. The molecule has 0 radical (unpaired) electrons. The van der Waals surface area contributed by atoms with Crippen LogP contribution in [0.2, 0.25) is 0 Å². The average molecular weight is 201 g/mol. The number of hydrogen-bond acceptors (Lipinski definition) is 5. The molecule has 1 aromatic heterocycles. The second-order valence-corrected chi connectivity index (χ2v) is 3.58. The van der Waals surface area contributed by atoms with Crippen LogP contribution in [0.25, 0.3) is 0 Å². The third kappa shape index (κ3) is 3.78. The first-order valence-corrected chi connectivity index (χ1v) is 4.86. The molecule has 72 valence electrons. The first-order valence-electron chi connectivity index (χ1n) is 4.04. The Morgan fingerprint density at radius 2 is 2.31 bits per heavy atom. The van der Waals surface area contributed by atoms with E-state index < -0.39 is 7.32 Å². The fourth-order valence-electron chi connectivity index (χ4n) is 0.869. The zero-order chi connectivity index (χ0) is 9.68. The largest absolute Gasteiger partial charge is 0.708 e. The highest BCUT2D eigenvalue weighted by Gasteiger charge is 2.12. The Morgan fingerprint density at radius 3 is 2.92 bits per heavy atom. The van der Waals surface area contributed by atoms with Crippen LogP contribution in [0.3, 0.4) is 0 Å². The van der Waals surface area contributed by atoms with Gasteiger partial charge in [0, 0.05) is 11.4 Å². The minimum atomic E-state index is -1.73. The van der Waals surface area contributed by atoms with E-state index in [9.17, 15) is 0 Å². The molecule has 0 bridgehead atoms. The van der Waals surface area contributed by atoms with Gasteiger partial charge in [-0.2, -0.15) is 0 Å². The van der Waals surface area contributed by atoms with Crippen LogP contribution in [0.5, 0.6) is 5.06 Å². The molecule has 0 saturated carbocycles. The fourth-order valence-corrected chi connectivity index (χ4v) is 1.71. The van der Waals surface area contributed by atoms with Crippen molar-refractivity contribution in [1.82, 2.24) is 5.32 Å². The van der Waals surface area contributed by atoms with Crippen LogP contribution in [0.1, 0.15) is 11.8 Å². The first-order chi connectivity index (χ1) is 6.22. The van der Waals surface area contributed by atoms with Gasteiger partial charge in [0.1, 0.15) is 0 Å². The zero-order valence-corrected chi connectivity index (χ0v) is 8.17. The summed E-state index contributed by atoms with van der Waals surface area (Å²) in [6, 6.07) is 3.61. The molecule has 0 unspecified atom stereocenters. The van der Waals surface area contributed by atoms with Crippen LogP contribution in [0.4, 0.5) is 0 Å². The SMILES string of the molecule is CCNCc1ccc(OB(O)O)s1. The summed E-state index contributed by atoms with van der Waals surface area (Å²) in [6.45, 7) is 3.73. The van der Waals surface area contributed by atoms with Gasteiger partial charge in [-0.1, -0.05) is 6.92 Å². The van der Waals surface area contributed by atoms with Crippen molar-refractivity contribution < 1.29 is 14.7 Å². The van der Waals surface area contributed by atoms with Crippen molar-refractivity contribution in [3.63, 3.8) is 0 Å². The Morgan fingerprint density at radius 1 is 1.54 bits per heavy atom. The molecular formula is C7H12BNO3S. The predicted octanol–water partition coefficient (Wildman–Crippen LogP) is 0.206. The van der Waals surface area contributed by atoms with Crippen LogP contribution in [0.15, 0.2) is 12.1 Å². The van der Waals surface area contributed by atoms with Gasteiger partial charge in [0.05, 0.1) is 0 Å². The Kier molecular flexibility index (Phi) is 4.24. The van der Waals surface area contributed by atoms with E-state index in [-0.39, 0.29) is 0 Å². The molecule has 3 N–H and O–H groups in total. The summed E-state index contributed by atoms with van der Waals surface area (Å²) in [5.74, 6) is 0. The van der Waals surface area contributed by atoms with Gasteiger partial charge in [-0.05, 0) is 18.7 Å². The van der Waals surface area contributed by atoms with Crippen molar-refractivity contribution in [2.45, 2.75) is 13.5 Å². The molecule has 0 aliphatic heterocycles. The van der Waals surface area contributed by atoms with Crippen molar-refractivity contribution in [3.8, 4) is 5.06 Å². The second-order valence-electron chi connectivity index (χ2n) is 2.45. The maximum Gasteiger partial charge on any atom is 0.708 e. The molecule has 0 spiro atoms. The van der Waals surface area contributed by atoms with Crippen molar-refractivity contribution in [3.05, 3.63) is 17.0 Å². The van der Waals surface area contributed by atoms with Crippen LogP contribution < -0.4 is 9.97 Å². The summed E-state index contributed by atoms with van der Waals surface area (Å²) >= 11 is 1.40. The van der Waals surface area contributed by atoms with Gasteiger partial charge >= 0.3 is 7.32 Å². The minimum Gasteiger partial charge on any atom is -0.504 e. The molecule has 1 heterocycles. The highest BCUT2D eigenvalue weighted by Crippen LogP contribution is 2.24. The Labute approximate surface area is 81.3 Å². The Balaban J connectivity index is 2.44. The highest BCUT2D eigenvalue weighted by atomic mass is 32.1. The Hall–Kier alpha value is -0.555. The van der Waals surface area contributed by atoms with Crippen molar-refractivity contribution in [2.75, 3.05) is 6.54 Å². The lowest BCUT2D eigenvalue weighted by Gasteiger charge is -1.99. The van der Waals surface area contributed by atoms with Crippen LogP contribution in [-0.2, 0) is 6.54 Å². The maximum atomic E-state index is 8.52. The summed E-state index contributed by atoms with van der Waals surface area (Å²) in [7, 11) is -1.73. The molecule has 1 aromatic rings. The van der Waals surface area contributed by atoms with Crippen LogP contribution >= 0.6 is 11.3 Å². The van der Waals surface area contributed by atoms with E-state index in [2.05, 4.69) is 9.97 Å². The zero-order valence-electron chi connectivity index (χ0n) is 7.36. The van der Waals surface area contributed by atoms with Crippen LogP contribution in [-0.4, -0.2) is 23.9 Å². The van der Waals surface area contributed by atoms with E-state index >= 15 is 0 Å². The number of rotatable bonds is 5. The van der Waals surface area contributed by atoms with E-state index in [0.29, 0.717) is 5.06 Å². The van der Waals surface area contributed by atoms with Crippen molar-refractivity contribution in [2.24, 2.45) is 0 Å². The van der Waals surface area contributed by atoms with E-state index in [1.54, 1.807) is 6.07 Å². The van der Waals surface area contributed by atoms with Gasteiger partial charge in [0.2, 0.25) is 0 Å². The second kappa shape index (κ2) is 5.23. The highest BCUT2D eigenvalue weighted by molar-refractivity contribution is 7.14. The lowest BCUT2D eigenvalue weighted by atomic mass is 10.3. The molecule has 0 fully saturated rings. The van der Waals surface area contributed by atoms with Gasteiger partial charge in [0.15, 0.2) is 5.06 Å². The van der Waals surface area contributed by atoms with Crippen LogP contribution in [0, 0.1) is 0 Å². The van der Waals surface area contributed by atoms with Gasteiger partial charge in [-0.15, -0.1) is 11.3 Å². The van der Waals surface area contributed by atoms with Crippen molar-refractivity contribution in [1.29, 1.82) is 0 Å². The standard InChI is InChI=1S/C7H12BNO3S/c1-2-9-5-6-3-4-7(13-6)12-8(10)11/h3-4,9-11H,2,5H2,1H3. The lowest BCUT2D eigenvalue weighted by molar-refractivity contribution is 0.292. The molecule has 1 rings (SSSR count). The third-order valence-electron chi connectivity index (χ3n) is 1.41. The molecule has 4 nitrogen and oxygen atoms in total. The summed E-state index contributed by atoms with van der Waals surface area (Å²) in [4.78, 5) is 1.11. The topological polar surface area (TPSA) is 61.7 Å². The normalized spacial score (nSPS) is 10.1. The molecule has 0 aliphatic rings. The summed E-state index contributed by atoms with van der Waals surface area (Å²) in [6.07, 6.45) is 0. The number of thiophene rings is 1. The molecule has 0 saturated heterocycles. The molecule has 0 aromatic carbocycles. The van der Waals surface area contributed by atoms with E-state index in [4.69, 9.17) is 10.0 Å². The van der Waals surface area contributed by atoms with Gasteiger partial charge < -0.3 is 20.0 Å². The van der Waals surface area contributed by atoms with Crippen molar-refractivity contribution >= 4 is 18.7 Å². The summed E-state index contributed by atoms with van der Waals surface area (Å²) in [5, 5.41) is 20.7. The minimum absolute atomic E-state index is 0.517. The summed E-state index contributed by atoms with van der Waals surface area (Å²) < 4.78 is 4.68. The molecule has 6 heteroatoms. The lowest BCUT2D eigenvalue weighted by Crippen LogP contribution is -2.19. The molecule has 0 aliphatic carbocycles. The maximum absolute atomic E-state index is 8.52. The van der Waals surface area contributed by atoms with Gasteiger partial charge in [-0.25, -0.2) is 0 Å². The molecule has 13 heavy (non-hydrogen) atoms. The summed E-state index contributed by atoms with van der Waals surface area (Å²) in [5.41, 5.74) is 0. The molecular weight excluding hydrogens is 189 g/mol.